The van der Waals surface area contributed by atoms with Gasteiger partial charge in [0.1, 0.15) is 0 Å². The molecule has 6 heteroatoms. The maximum atomic E-state index is 11.7. The number of hydrogen-bond donors (Lipinski definition) is 2. The number of likely N-dealkylation sites (N-methyl/N-ethyl adjacent to an activating group) is 1. The van der Waals surface area contributed by atoms with Gasteiger partial charge < -0.3 is 9.88 Å². The number of H-pyrrole nitrogens is 2. The number of nitrogens with one attached hydrogen (secondary N) is 2. The van der Waals surface area contributed by atoms with Crippen molar-refractivity contribution in [3.05, 3.63) is 32.6 Å². The molecule has 17 heavy (non-hydrogen) atoms. The van der Waals surface area contributed by atoms with Gasteiger partial charge in [-0.25, -0.2) is 4.79 Å². The first-order valence-corrected chi connectivity index (χ1v) is 5.59. The van der Waals surface area contributed by atoms with Gasteiger partial charge in [0.2, 0.25) is 5.91 Å². The van der Waals surface area contributed by atoms with Crippen molar-refractivity contribution < 1.29 is 4.79 Å². The minimum absolute atomic E-state index is 0.0410. The molecule has 0 saturated heterocycles. The molecule has 94 valence electrons. The van der Waals surface area contributed by atoms with Crippen molar-refractivity contribution in [2.75, 3.05) is 13.6 Å². The number of nitrogens with zero attached hydrogens (tertiary/aromatic N) is 1. The molecule has 0 aliphatic rings. The summed E-state index contributed by atoms with van der Waals surface area (Å²) in [6.07, 6.45) is 1.99. The predicted molar refractivity (Wildman–Crippen MR) is 63.9 cm³/mol. The van der Waals surface area contributed by atoms with Gasteiger partial charge in [-0.15, -0.1) is 0 Å². The monoisotopic (exact) mass is 239 g/mol. The van der Waals surface area contributed by atoms with Crippen LogP contribution in [0.1, 0.15) is 25.5 Å². The maximum Gasteiger partial charge on any atom is 0.325 e. The van der Waals surface area contributed by atoms with Crippen molar-refractivity contribution in [3.8, 4) is 0 Å². The fraction of sp³-hybridized carbons (Fsp3) is 0.545. The van der Waals surface area contributed by atoms with Crippen molar-refractivity contribution in [2.45, 2.75) is 26.2 Å². The summed E-state index contributed by atoms with van der Waals surface area (Å²) in [5.41, 5.74) is -0.739. The normalized spacial score (nSPS) is 10.2. The molecule has 0 spiro atoms. The van der Waals surface area contributed by atoms with Crippen LogP contribution in [-0.2, 0) is 11.2 Å². The molecule has 0 radical (unpaired) electrons. The zero-order valence-corrected chi connectivity index (χ0v) is 10.1. The first-order chi connectivity index (χ1) is 8.02. The molecule has 0 aromatic carbocycles. The van der Waals surface area contributed by atoms with Crippen LogP contribution in [0.15, 0.2) is 15.7 Å². The van der Waals surface area contributed by atoms with Crippen molar-refractivity contribution in [1.29, 1.82) is 0 Å². The predicted octanol–water partition coefficient (Wildman–Crippen LogP) is -0.136. The topological polar surface area (TPSA) is 86.0 Å². The third-order valence-electron chi connectivity index (χ3n) is 2.43. The van der Waals surface area contributed by atoms with E-state index in [4.69, 9.17) is 0 Å². The Morgan fingerprint density at radius 1 is 1.35 bits per heavy atom. The van der Waals surface area contributed by atoms with Crippen LogP contribution in [0.25, 0.3) is 0 Å². The number of aromatic amines is 2. The molecule has 0 atom stereocenters. The summed E-state index contributed by atoms with van der Waals surface area (Å²) in [4.78, 5) is 39.9. The second kappa shape index (κ2) is 6.03. The second-order valence-corrected chi connectivity index (χ2v) is 3.96. The highest BCUT2D eigenvalue weighted by Gasteiger charge is 2.10. The van der Waals surface area contributed by atoms with Crippen molar-refractivity contribution in [3.63, 3.8) is 0 Å². The van der Waals surface area contributed by atoms with Gasteiger partial charge in [0, 0.05) is 25.4 Å². The standard InChI is InChI=1S/C11H17N3O3/c1-3-4-5-14(2)10(16)7-8-6-9(15)13-11(17)12-8/h6H,3-5,7H2,1-2H3,(H2,12,13,15,17). The Labute approximate surface area is 98.7 Å². The molecular formula is C11H17N3O3. The largest absolute Gasteiger partial charge is 0.345 e. The van der Waals surface area contributed by atoms with E-state index in [0.717, 1.165) is 12.8 Å². The smallest absolute Gasteiger partial charge is 0.325 e. The molecule has 1 aromatic heterocycles. The summed E-state index contributed by atoms with van der Waals surface area (Å²) in [5, 5.41) is 0. The van der Waals surface area contributed by atoms with E-state index in [9.17, 15) is 14.4 Å². The molecule has 0 bridgehead atoms. The number of rotatable bonds is 5. The lowest BCUT2D eigenvalue weighted by atomic mass is 10.2. The van der Waals surface area contributed by atoms with Crippen LogP contribution in [0.2, 0.25) is 0 Å². The zero-order chi connectivity index (χ0) is 12.8. The van der Waals surface area contributed by atoms with Crippen molar-refractivity contribution in [2.24, 2.45) is 0 Å². The Balaban J connectivity index is 2.67. The molecule has 0 saturated carbocycles. The molecule has 0 fully saturated rings. The van der Waals surface area contributed by atoms with E-state index in [1.54, 1.807) is 11.9 Å². The summed E-state index contributed by atoms with van der Waals surface area (Å²) < 4.78 is 0. The van der Waals surface area contributed by atoms with E-state index >= 15 is 0 Å². The van der Waals surface area contributed by atoms with Crippen LogP contribution in [0.5, 0.6) is 0 Å². The molecule has 0 aliphatic carbocycles. The van der Waals surface area contributed by atoms with E-state index in [1.807, 2.05) is 6.92 Å². The summed E-state index contributed by atoms with van der Waals surface area (Å²) in [7, 11) is 1.71. The number of carbonyl (C=O) groups is 1. The van der Waals surface area contributed by atoms with Gasteiger partial charge in [0.15, 0.2) is 0 Å². The molecule has 0 unspecified atom stereocenters. The number of hydrogen-bond acceptors (Lipinski definition) is 3. The first kappa shape index (κ1) is 13.2. The maximum absolute atomic E-state index is 11.7. The summed E-state index contributed by atoms with van der Waals surface area (Å²) in [5.74, 6) is -0.111. The van der Waals surface area contributed by atoms with E-state index in [2.05, 4.69) is 9.97 Å². The lowest BCUT2D eigenvalue weighted by Gasteiger charge is -2.16. The van der Waals surface area contributed by atoms with Gasteiger partial charge in [0.05, 0.1) is 6.42 Å². The summed E-state index contributed by atoms with van der Waals surface area (Å²) in [6, 6.07) is 1.23. The number of amides is 1. The lowest BCUT2D eigenvalue weighted by molar-refractivity contribution is -0.129. The fourth-order valence-corrected chi connectivity index (χ4v) is 1.43. The Bertz CT molecular complexity index is 461. The molecule has 6 nitrogen and oxygen atoms in total. The quantitative estimate of drug-likeness (QED) is 0.750. The average Bonchev–Trinajstić information content (AvgIpc) is 2.24. The molecule has 1 amide bonds. The van der Waals surface area contributed by atoms with Crippen LogP contribution in [0.3, 0.4) is 0 Å². The van der Waals surface area contributed by atoms with Crippen LogP contribution < -0.4 is 11.2 Å². The number of aromatic nitrogens is 2. The second-order valence-electron chi connectivity index (χ2n) is 3.96. The van der Waals surface area contributed by atoms with Gasteiger partial charge in [-0.2, -0.15) is 0 Å². The Hall–Kier alpha value is -1.85. The molecule has 1 aromatic rings. The molecular weight excluding hydrogens is 222 g/mol. The van der Waals surface area contributed by atoms with Gasteiger partial charge in [-0.05, 0) is 6.42 Å². The van der Waals surface area contributed by atoms with E-state index in [1.165, 1.54) is 6.07 Å². The average molecular weight is 239 g/mol. The van der Waals surface area contributed by atoms with Gasteiger partial charge in [-0.3, -0.25) is 14.6 Å². The molecule has 2 N–H and O–H groups in total. The molecule has 1 heterocycles. The Morgan fingerprint density at radius 2 is 2.06 bits per heavy atom. The minimum atomic E-state index is -0.587. The van der Waals surface area contributed by atoms with Crippen molar-refractivity contribution in [1.82, 2.24) is 14.9 Å². The Morgan fingerprint density at radius 3 is 2.65 bits per heavy atom. The third-order valence-corrected chi connectivity index (χ3v) is 2.43. The van der Waals surface area contributed by atoms with E-state index in [0.29, 0.717) is 12.2 Å². The van der Waals surface area contributed by atoms with Gasteiger partial charge in [0.25, 0.3) is 5.56 Å². The van der Waals surface area contributed by atoms with E-state index in [-0.39, 0.29) is 12.3 Å². The summed E-state index contributed by atoms with van der Waals surface area (Å²) in [6.45, 7) is 2.73. The highest BCUT2D eigenvalue weighted by atomic mass is 16.2. The Kier molecular flexibility index (Phi) is 4.68. The van der Waals surface area contributed by atoms with Crippen LogP contribution in [0.4, 0.5) is 0 Å². The van der Waals surface area contributed by atoms with Gasteiger partial charge >= 0.3 is 5.69 Å². The highest BCUT2D eigenvalue weighted by Crippen LogP contribution is 1.97. The van der Waals surface area contributed by atoms with E-state index < -0.39 is 11.2 Å². The fourth-order valence-electron chi connectivity index (χ4n) is 1.43. The highest BCUT2D eigenvalue weighted by molar-refractivity contribution is 5.77. The molecule has 0 aliphatic heterocycles. The zero-order valence-electron chi connectivity index (χ0n) is 10.1. The van der Waals surface area contributed by atoms with Gasteiger partial charge in [-0.1, -0.05) is 13.3 Å². The molecule has 1 rings (SSSR count). The SMILES string of the molecule is CCCCN(C)C(=O)Cc1cc(=O)[nH]c(=O)[nH]1. The van der Waals surface area contributed by atoms with Crippen LogP contribution in [0, 0.1) is 0 Å². The summed E-state index contributed by atoms with van der Waals surface area (Å²) >= 11 is 0. The van der Waals surface area contributed by atoms with Crippen LogP contribution >= 0.6 is 0 Å². The third kappa shape index (κ3) is 4.26. The number of carbonyl (C=O) groups excluding carboxylic acids is 1. The van der Waals surface area contributed by atoms with Crippen LogP contribution in [-0.4, -0.2) is 34.4 Å². The minimum Gasteiger partial charge on any atom is -0.345 e. The first-order valence-electron chi connectivity index (χ1n) is 5.59. The van der Waals surface area contributed by atoms with Crippen molar-refractivity contribution >= 4 is 5.91 Å². The lowest BCUT2D eigenvalue weighted by Crippen LogP contribution is -2.31. The number of unbranched alkanes of at least 4 members (excludes halogenated alkanes) is 1.